The number of carbonyl (C=O) groups excluding carboxylic acids is 1. The summed E-state index contributed by atoms with van der Waals surface area (Å²) >= 11 is 0. The molecule has 0 fully saturated rings. The van der Waals surface area contributed by atoms with Gasteiger partial charge in [0.1, 0.15) is 5.69 Å². The second-order valence-electron chi connectivity index (χ2n) is 4.40. The predicted molar refractivity (Wildman–Crippen MR) is 71.6 cm³/mol. The fourth-order valence-electron chi connectivity index (χ4n) is 1.72. The topological polar surface area (TPSA) is 66.3 Å². The standard InChI is InChI=1S/C13H23N3O2/c1-3-8-16-9-4-5-12(16)13(18)15-7-6-14-10-11(2)17/h4-5,9,11,14,17H,3,6-8,10H2,1-2H3,(H,15,18). The first-order chi connectivity index (χ1) is 8.65. The van der Waals surface area contributed by atoms with Gasteiger partial charge in [0.05, 0.1) is 6.10 Å². The molecule has 1 unspecified atom stereocenters. The van der Waals surface area contributed by atoms with Crippen LogP contribution in [0.4, 0.5) is 0 Å². The van der Waals surface area contributed by atoms with Crippen LogP contribution in [0.25, 0.3) is 0 Å². The number of amides is 1. The Hall–Kier alpha value is -1.33. The van der Waals surface area contributed by atoms with Crippen LogP contribution >= 0.6 is 0 Å². The molecule has 5 nitrogen and oxygen atoms in total. The van der Waals surface area contributed by atoms with Gasteiger partial charge in [-0.05, 0) is 25.5 Å². The highest BCUT2D eigenvalue weighted by molar-refractivity contribution is 5.92. The monoisotopic (exact) mass is 253 g/mol. The van der Waals surface area contributed by atoms with Crippen molar-refractivity contribution in [3.05, 3.63) is 24.0 Å². The largest absolute Gasteiger partial charge is 0.392 e. The zero-order valence-electron chi connectivity index (χ0n) is 11.1. The molecule has 0 spiro atoms. The van der Waals surface area contributed by atoms with Crippen molar-refractivity contribution in [3.63, 3.8) is 0 Å². The van der Waals surface area contributed by atoms with Crippen LogP contribution in [0.3, 0.4) is 0 Å². The Morgan fingerprint density at radius 2 is 2.28 bits per heavy atom. The predicted octanol–water partition coefficient (Wildman–Crippen LogP) is 0.598. The summed E-state index contributed by atoms with van der Waals surface area (Å²) in [5.74, 6) is -0.0488. The molecule has 0 aliphatic heterocycles. The van der Waals surface area contributed by atoms with Crippen molar-refractivity contribution in [1.82, 2.24) is 15.2 Å². The first-order valence-corrected chi connectivity index (χ1v) is 6.47. The van der Waals surface area contributed by atoms with Crippen molar-refractivity contribution in [3.8, 4) is 0 Å². The van der Waals surface area contributed by atoms with Gasteiger partial charge in [-0.15, -0.1) is 0 Å². The van der Waals surface area contributed by atoms with Crippen molar-refractivity contribution in [1.29, 1.82) is 0 Å². The van der Waals surface area contributed by atoms with Gasteiger partial charge in [0.2, 0.25) is 0 Å². The Balaban J connectivity index is 2.29. The van der Waals surface area contributed by atoms with E-state index in [2.05, 4.69) is 17.6 Å². The summed E-state index contributed by atoms with van der Waals surface area (Å²) in [6.45, 7) is 6.43. The minimum absolute atomic E-state index is 0.0488. The van der Waals surface area contributed by atoms with Crippen LogP contribution in [-0.2, 0) is 6.54 Å². The van der Waals surface area contributed by atoms with E-state index in [1.807, 2.05) is 22.9 Å². The van der Waals surface area contributed by atoms with E-state index < -0.39 is 0 Å². The molecular weight excluding hydrogens is 230 g/mol. The van der Waals surface area contributed by atoms with Crippen LogP contribution in [0.1, 0.15) is 30.8 Å². The molecule has 1 atom stereocenters. The zero-order valence-corrected chi connectivity index (χ0v) is 11.1. The maximum Gasteiger partial charge on any atom is 0.267 e. The van der Waals surface area contributed by atoms with E-state index in [9.17, 15) is 4.79 Å². The van der Waals surface area contributed by atoms with Crippen molar-refractivity contribution in [2.24, 2.45) is 0 Å². The highest BCUT2D eigenvalue weighted by Crippen LogP contribution is 2.03. The van der Waals surface area contributed by atoms with Gasteiger partial charge in [0.25, 0.3) is 5.91 Å². The van der Waals surface area contributed by atoms with E-state index in [1.165, 1.54) is 0 Å². The number of aryl methyl sites for hydroxylation is 1. The minimum atomic E-state index is -0.359. The average Bonchev–Trinajstić information content (AvgIpc) is 2.77. The molecule has 102 valence electrons. The molecule has 0 saturated heterocycles. The number of nitrogens with one attached hydrogen (secondary N) is 2. The molecule has 1 aromatic heterocycles. The third-order valence-electron chi connectivity index (χ3n) is 2.55. The summed E-state index contributed by atoms with van der Waals surface area (Å²) in [7, 11) is 0. The molecule has 18 heavy (non-hydrogen) atoms. The third kappa shape index (κ3) is 4.89. The quantitative estimate of drug-likeness (QED) is 0.594. The van der Waals surface area contributed by atoms with Crippen LogP contribution in [-0.4, -0.2) is 41.3 Å². The fourth-order valence-corrected chi connectivity index (χ4v) is 1.72. The smallest absolute Gasteiger partial charge is 0.267 e. The lowest BCUT2D eigenvalue weighted by molar-refractivity contribution is 0.0944. The Kier molecular flexibility index (Phi) is 6.46. The van der Waals surface area contributed by atoms with E-state index in [1.54, 1.807) is 6.92 Å². The van der Waals surface area contributed by atoms with Crippen LogP contribution in [0.5, 0.6) is 0 Å². The summed E-state index contributed by atoms with van der Waals surface area (Å²) in [6.07, 6.45) is 2.57. The zero-order chi connectivity index (χ0) is 13.4. The van der Waals surface area contributed by atoms with E-state index in [0.29, 0.717) is 25.3 Å². The summed E-state index contributed by atoms with van der Waals surface area (Å²) in [6, 6.07) is 3.71. The second kappa shape index (κ2) is 7.89. The Labute approximate surface area is 108 Å². The number of aliphatic hydroxyl groups excluding tert-OH is 1. The summed E-state index contributed by atoms with van der Waals surface area (Å²) in [5, 5.41) is 15.0. The highest BCUT2D eigenvalue weighted by atomic mass is 16.3. The normalized spacial score (nSPS) is 12.4. The molecule has 1 amide bonds. The van der Waals surface area contributed by atoms with Crippen molar-refractivity contribution < 1.29 is 9.90 Å². The fraction of sp³-hybridized carbons (Fsp3) is 0.615. The first-order valence-electron chi connectivity index (χ1n) is 6.47. The van der Waals surface area contributed by atoms with Gasteiger partial charge >= 0.3 is 0 Å². The molecule has 0 bridgehead atoms. The summed E-state index contributed by atoms with van der Waals surface area (Å²) < 4.78 is 1.96. The van der Waals surface area contributed by atoms with Gasteiger partial charge in [-0.1, -0.05) is 6.92 Å². The molecule has 0 aliphatic carbocycles. The van der Waals surface area contributed by atoms with E-state index in [0.717, 1.165) is 13.0 Å². The number of rotatable bonds is 8. The Bertz CT molecular complexity index is 361. The molecule has 0 radical (unpaired) electrons. The molecule has 0 aliphatic rings. The van der Waals surface area contributed by atoms with E-state index in [-0.39, 0.29) is 12.0 Å². The molecule has 5 heteroatoms. The maximum atomic E-state index is 11.9. The van der Waals surface area contributed by atoms with Gasteiger partial charge in [-0.2, -0.15) is 0 Å². The van der Waals surface area contributed by atoms with Crippen LogP contribution < -0.4 is 10.6 Å². The van der Waals surface area contributed by atoms with Crippen LogP contribution in [0.15, 0.2) is 18.3 Å². The van der Waals surface area contributed by atoms with Crippen molar-refractivity contribution in [2.45, 2.75) is 32.9 Å². The lowest BCUT2D eigenvalue weighted by atomic mass is 10.3. The van der Waals surface area contributed by atoms with Gasteiger partial charge < -0.3 is 20.3 Å². The number of nitrogens with zero attached hydrogens (tertiary/aromatic N) is 1. The Morgan fingerprint density at radius 1 is 1.50 bits per heavy atom. The number of carbonyl (C=O) groups is 1. The molecule has 0 saturated carbocycles. The molecule has 1 heterocycles. The lowest BCUT2D eigenvalue weighted by Crippen LogP contribution is -2.35. The van der Waals surface area contributed by atoms with Crippen LogP contribution in [0.2, 0.25) is 0 Å². The van der Waals surface area contributed by atoms with Gasteiger partial charge in [0, 0.05) is 32.4 Å². The third-order valence-corrected chi connectivity index (χ3v) is 2.55. The number of aliphatic hydroxyl groups is 1. The number of hydrogen-bond donors (Lipinski definition) is 3. The molecule has 1 aromatic rings. The SMILES string of the molecule is CCCn1cccc1C(=O)NCCNCC(C)O. The van der Waals surface area contributed by atoms with Gasteiger partial charge in [-0.25, -0.2) is 0 Å². The molecule has 0 aromatic carbocycles. The number of hydrogen-bond acceptors (Lipinski definition) is 3. The Morgan fingerprint density at radius 3 is 2.94 bits per heavy atom. The summed E-state index contributed by atoms with van der Waals surface area (Å²) in [4.78, 5) is 11.9. The first kappa shape index (κ1) is 14.7. The van der Waals surface area contributed by atoms with Crippen molar-refractivity contribution in [2.75, 3.05) is 19.6 Å². The molecule has 3 N–H and O–H groups in total. The maximum absolute atomic E-state index is 11.9. The number of aromatic nitrogens is 1. The van der Waals surface area contributed by atoms with Crippen LogP contribution in [0, 0.1) is 0 Å². The van der Waals surface area contributed by atoms with Gasteiger partial charge in [-0.3, -0.25) is 4.79 Å². The van der Waals surface area contributed by atoms with Crippen molar-refractivity contribution >= 4 is 5.91 Å². The molecular formula is C13H23N3O2. The average molecular weight is 253 g/mol. The highest BCUT2D eigenvalue weighted by Gasteiger charge is 2.09. The summed E-state index contributed by atoms with van der Waals surface area (Å²) in [5.41, 5.74) is 0.701. The lowest BCUT2D eigenvalue weighted by Gasteiger charge is -2.10. The van der Waals surface area contributed by atoms with E-state index in [4.69, 9.17) is 5.11 Å². The van der Waals surface area contributed by atoms with E-state index >= 15 is 0 Å². The van der Waals surface area contributed by atoms with Gasteiger partial charge in [0.15, 0.2) is 0 Å². The second-order valence-corrected chi connectivity index (χ2v) is 4.40. The minimum Gasteiger partial charge on any atom is -0.392 e. The molecule has 1 rings (SSSR count).